The van der Waals surface area contributed by atoms with Crippen molar-refractivity contribution in [1.29, 1.82) is 0 Å². The van der Waals surface area contributed by atoms with E-state index in [1.807, 2.05) is 48.5 Å². The van der Waals surface area contributed by atoms with Crippen LogP contribution in [0.3, 0.4) is 0 Å². The normalized spacial score (nSPS) is 10.9. The van der Waals surface area contributed by atoms with Gasteiger partial charge in [0.2, 0.25) is 5.91 Å². The van der Waals surface area contributed by atoms with E-state index in [2.05, 4.69) is 33.2 Å². The molecule has 0 bridgehead atoms. The first kappa shape index (κ1) is 17.5. The number of fused-ring (bicyclic) bond motifs is 3. The van der Waals surface area contributed by atoms with Crippen LogP contribution in [0.4, 0.5) is 5.69 Å². The number of hydrogen-bond donors (Lipinski definition) is 2. The van der Waals surface area contributed by atoms with Gasteiger partial charge >= 0.3 is 0 Å². The average molecular weight is 470 g/mol. The second kappa shape index (κ2) is 7.40. The number of benzene rings is 3. The summed E-state index contributed by atoms with van der Waals surface area (Å²) in [5.74, 6) is -0.576. The number of para-hydroxylation sites is 1. The summed E-state index contributed by atoms with van der Waals surface area (Å²) in [4.78, 5) is 24.4. The molecule has 0 radical (unpaired) electrons. The number of rotatable bonds is 4. The number of nitrogens with one attached hydrogen (secondary N) is 2. The Morgan fingerprint density at radius 2 is 1.63 bits per heavy atom. The number of anilines is 1. The van der Waals surface area contributed by atoms with Crippen molar-refractivity contribution in [3.05, 3.63) is 75.9 Å². The fourth-order valence-corrected chi connectivity index (χ4v) is 3.54. The highest BCUT2D eigenvalue weighted by atomic mass is 127. The Morgan fingerprint density at radius 3 is 2.48 bits per heavy atom. The smallest absolute Gasteiger partial charge is 0.252 e. The molecular formula is C21H15IN2O3. The second-order valence-electron chi connectivity index (χ2n) is 6.02. The SMILES string of the molecule is O=C(CNC(=O)c1ccccc1I)Nc1ccc2c(c1)oc1ccccc12. The van der Waals surface area contributed by atoms with Crippen LogP contribution in [0.25, 0.3) is 21.9 Å². The molecule has 0 aliphatic heterocycles. The third-order valence-corrected chi connectivity index (χ3v) is 5.13. The molecule has 0 fully saturated rings. The van der Waals surface area contributed by atoms with E-state index in [0.29, 0.717) is 16.8 Å². The van der Waals surface area contributed by atoms with Gasteiger partial charge in [0.05, 0.1) is 12.1 Å². The highest BCUT2D eigenvalue weighted by Crippen LogP contribution is 2.30. The summed E-state index contributed by atoms with van der Waals surface area (Å²) in [5, 5.41) is 7.46. The summed E-state index contributed by atoms with van der Waals surface area (Å²) < 4.78 is 6.66. The molecule has 1 aromatic heterocycles. The van der Waals surface area contributed by atoms with E-state index in [1.165, 1.54) is 0 Å². The van der Waals surface area contributed by atoms with Gasteiger partial charge in [-0.05, 0) is 52.9 Å². The molecule has 4 aromatic rings. The first-order valence-corrected chi connectivity index (χ1v) is 9.43. The molecule has 2 N–H and O–H groups in total. The van der Waals surface area contributed by atoms with E-state index in [9.17, 15) is 9.59 Å². The van der Waals surface area contributed by atoms with Gasteiger partial charge in [-0.15, -0.1) is 0 Å². The van der Waals surface area contributed by atoms with Crippen LogP contribution in [-0.4, -0.2) is 18.4 Å². The van der Waals surface area contributed by atoms with Crippen LogP contribution in [0.1, 0.15) is 10.4 Å². The van der Waals surface area contributed by atoms with Crippen molar-refractivity contribution in [3.63, 3.8) is 0 Å². The van der Waals surface area contributed by atoms with E-state index < -0.39 is 0 Å². The van der Waals surface area contributed by atoms with Crippen molar-refractivity contribution in [2.24, 2.45) is 0 Å². The number of furan rings is 1. The maximum atomic E-state index is 12.2. The zero-order valence-electron chi connectivity index (χ0n) is 14.2. The molecule has 5 nitrogen and oxygen atoms in total. The standard InChI is InChI=1S/C21H15IN2O3/c22-17-7-3-1-6-16(17)21(26)23-12-20(25)24-13-9-10-15-14-5-2-4-8-18(14)27-19(15)11-13/h1-11H,12H2,(H,23,26)(H,24,25). The highest BCUT2D eigenvalue weighted by molar-refractivity contribution is 14.1. The largest absolute Gasteiger partial charge is 0.456 e. The number of halogens is 1. The molecule has 0 saturated heterocycles. The predicted octanol–water partition coefficient (Wildman–Crippen LogP) is 4.56. The molecule has 0 saturated carbocycles. The Bertz CT molecular complexity index is 1170. The Kier molecular flexibility index (Phi) is 4.81. The molecule has 3 aromatic carbocycles. The second-order valence-corrected chi connectivity index (χ2v) is 7.18. The van der Waals surface area contributed by atoms with E-state index in [4.69, 9.17) is 4.42 Å². The van der Waals surface area contributed by atoms with Crippen LogP contribution >= 0.6 is 22.6 Å². The Balaban J connectivity index is 1.44. The first-order valence-electron chi connectivity index (χ1n) is 8.36. The van der Waals surface area contributed by atoms with Crippen molar-refractivity contribution >= 4 is 62.0 Å². The zero-order chi connectivity index (χ0) is 18.8. The molecule has 0 aliphatic rings. The van der Waals surface area contributed by atoms with Gasteiger partial charge in [0, 0.05) is 26.1 Å². The van der Waals surface area contributed by atoms with Crippen LogP contribution in [-0.2, 0) is 4.79 Å². The van der Waals surface area contributed by atoms with Gasteiger partial charge in [-0.2, -0.15) is 0 Å². The van der Waals surface area contributed by atoms with Crippen molar-refractivity contribution in [3.8, 4) is 0 Å². The van der Waals surface area contributed by atoms with Gasteiger partial charge in [-0.25, -0.2) is 0 Å². The van der Waals surface area contributed by atoms with Crippen LogP contribution < -0.4 is 10.6 Å². The molecular weight excluding hydrogens is 455 g/mol. The van der Waals surface area contributed by atoms with E-state index in [0.717, 1.165) is 19.9 Å². The third kappa shape index (κ3) is 3.66. The summed E-state index contributed by atoms with van der Waals surface area (Å²) in [6, 6.07) is 20.5. The maximum Gasteiger partial charge on any atom is 0.252 e. The van der Waals surface area contributed by atoms with Gasteiger partial charge in [-0.3, -0.25) is 9.59 Å². The van der Waals surface area contributed by atoms with Gasteiger partial charge in [-0.1, -0.05) is 30.3 Å². The fraction of sp³-hybridized carbons (Fsp3) is 0.0476. The lowest BCUT2D eigenvalue weighted by Gasteiger charge is -2.08. The first-order chi connectivity index (χ1) is 13.1. The molecule has 6 heteroatoms. The maximum absolute atomic E-state index is 12.2. The van der Waals surface area contributed by atoms with Crippen molar-refractivity contribution in [2.45, 2.75) is 0 Å². The Hall–Kier alpha value is -2.87. The van der Waals surface area contributed by atoms with Gasteiger partial charge in [0.1, 0.15) is 11.2 Å². The lowest BCUT2D eigenvalue weighted by Crippen LogP contribution is -2.33. The summed E-state index contributed by atoms with van der Waals surface area (Å²) in [5.41, 5.74) is 2.68. The number of hydrogen-bond acceptors (Lipinski definition) is 3. The van der Waals surface area contributed by atoms with E-state index >= 15 is 0 Å². The Morgan fingerprint density at radius 1 is 0.889 bits per heavy atom. The minimum absolute atomic E-state index is 0.109. The third-order valence-electron chi connectivity index (χ3n) is 4.19. The average Bonchev–Trinajstić information content (AvgIpc) is 3.04. The van der Waals surface area contributed by atoms with Crippen LogP contribution in [0.15, 0.2) is 71.1 Å². The number of amides is 2. The minimum atomic E-state index is -0.301. The van der Waals surface area contributed by atoms with Crippen molar-refractivity contribution in [1.82, 2.24) is 5.32 Å². The summed E-state index contributed by atoms with van der Waals surface area (Å²) >= 11 is 2.09. The van der Waals surface area contributed by atoms with Crippen LogP contribution in [0.2, 0.25) is 0 Å². The molecule has 134 valence electrons. The summed E-state index contributed by atoms with van der Waals surface area (Å²) in [7, 11) is 0. The van der Waals surface area contributed by atoms with Gasteiger partial charge < -0.3 is 15.1 Å². The monoisotopic (exact) mass is 470 g/mol. The highest BCUT2D eigenvalue weighted by Gasteiger charge is 2.12. The molecule has 0 aliphatic carbocycles. The quantitative estimate of drug-likeness (QED) is 0.430. The summed E-state index contributed by atoms with van der Waals surface area (Å²) in [6.07, 6.45) is 0. The minimum Gasteiger partial charge on any atom is -0.456 e. The lowest BCUT2D eigenvalue weighted by atomic mass is 10.1. The van der Waals surface area contributed by atoms with E-state index in [1.54, 1.807) is 18.2 Å². The number of carbonyl (C=O) groups is 2. The topological polar surface area (TPSA) is 71.3 Å². The van der Waals surface area contributed by atoms with Crippen LogP contribution in [0, 0.1) is 3.57 Å². The summed E-state index contributed by atoms with van der Waals surface area (Å²) in [6.45, 7) is -0.109. The molecule has 1 heterocycles. The van der Waals surface area contributed by atoms with Crippen molar-refractivity contribution in [2.75, 3.05) is 11.9 Å². The molecule has 2 amide bonds. The number of carbonyl (C=O) groups excluding carboxylic acids is 2. The van der Waals surface area contributed by atoms with E-state index in [-0.39, 0.29) is 18.4 Å². The molecule has 0 unspecified atom stereocenters. The zero-order valence-corrected chi connectivity index (χ0v) is 16.3. The van der Waals surface area contributed by atoms with Gasteiger partial charge in [0.25, 0.3) is 5.91 Å². The predicted molar refractivity (Wildman–Crippen MR) is 114 cm³/mol. The Labute approximate surface area is 168 Å². The lowest BCUT2D eigenvalue weighted by molar-refractivity contribution is -0.115. The molecule has 0 atom stereocenters. The van der Waals surface area contributed by atoms with Gasteiger partial charge in [0.15, 0.2) is 0 Å². The van der Waals surface area contributed by atoms with Crippen LogP contribution in [0.5, 0.6) is 0 Å². The fourth-order valence-electron chi connectivity index (χ4n) is 2.91. The molecule has 4 rings (SSSR count). The molecule has 0 spiro atoms. The molecule has 27 heavy (non-hydrogen) atoms. The van der Waals surface area contributed by atoms with Crippen molar-refractivity contribution < 1.29 is 14.0 Å².